The van der Waals surface area contributed by atoms with Crippen LogP contribution in [0.3, 0.4) is 0 Å². The van der Waals surface area contributed by atoms with Crippen LogP contribution in [0.5, 0.6) is 11.5 Å². The van der Waals surface area contributed by atoms with Crippen LogP contribution < -0.4 is 20.5 Å². The second kappa shape index (κ2) is 11.6. The molecule has 1 saturated heterocycles. The largest absolute Gasteiger partial charge is 0.493 e. The van der Waals surface area contributed by atoms with Crippen molar-refractivity contribution in [2.24, 2.45) is 16.6 Å². The van der Waals surface area contributed by atoms with Gasteiger partial charge >= 0.3 is 0 Å². The zero-order chi connectivity index (χ0) is 19.1. The second-order valence-electron chi connectivity index (χ2n) is 6.32. The van der Waals surface area contributed by atoms with Crippen molar-refractivity contribution >= 4 is 51.8 Å². The average molecular weight is 555 g/mol. The number of methoxy groups -OCH3 is 2. The fourth-order valence-corrected chi connectivity index (χ4v) is 3.71. The Bertz CT molecular complexity index is 672. The first kappa shape index (κ1) is 23.8. The molecule has 0 bridgehead atoms. The summed E-state index contributed by atoms with van der Waals surface area (Å²) in [5, 5.41) is 3.39. The minimum Gasteiger partial charge on any atom is -0.493 e. The van der Waals surface area contributed by atoms with Crippen molar-refractivity contribution < 1.29 is 14.3 Å². The third-order valence-electron chi connectivity index (χ3n) is 4.51. The van der Waals surface area contributed by atoms with E-state index in [9.17, 15) is 4.79 Å². The Balaban J connectivity index is 0.00000364. The Kier molecular flexibility index (Phi) is 10.2. The molecule has 1 aromatic rings. The Morgan fingerprint density at radius 3 is 2.63 bits per heavy atom. The van der Waals surface area contributed by atoms with Gasteiger partial charge in [0.25, 0.3) is 0 Å². The lowest BCUT2D eigenvalue weighted by atomic mass is 9.95. The van der Waals surface area contributed by atoms with Crippen molar-refractivity contribution in [1.29, 1.82) is 0 Å². The third-order valence-corrected chi connectivity index (χ3v) is 5.25. The van der Waals surface area contributed by atoms with Crippen LogP contribution in [0.4, 0.5) is 0 Å². The van der Waals surface area contributed by atoms with Crippen LogP contribution in [-0.2, 0) is 11.3 Å². The number of nitrogens with zero attached hydrogens (tertiary/aromatic N) is 2. The van der Waals surface area contributed by atoms with Crippen molar-refractivity contribution in [2.75, 3.05) is 34.4 Å². The maximum Gasteiger partial charge on any atom is 0.217 e. The van der Waals surface area contributed by atoms with Gasteiger partial charge in [-0.05, 0) is 36.5 Å². The van der Waals surface area contributed by atoms with Gasteiger partial charge in [0.1, 0.15) is 0 Å². The zero-order valence-electron chi connectivity index (χ0n) is 16.0. The molecule has 1 aromatic carbocycles. The second-order valence-corrected chi connectivity index (χ2v) is 7.18. The molecule has 1 aliphatic heterocycles. The summed E-state index contributed by atoms with van der Waals surface area (Å²) in [6.07, 6.45) is 2.48. The van der Waals surface area contributed by atoms with Gasteiger partial charge in [-0.25, -0.2) is 0 Å². The standard InChI is InChI=1S/C18H27BrN4O3.HI/c1-21-18(23-6-4-5-12(11-23)7-17(20)24)22-10-13-8-15(25-2)16(26-3)9-14(13)19;/h8-9,12H,4-7,10-11H2,1-3H3,(H2,20,24)(H,21,22);1H. The number of hydrogen-bond donors (Lipinski definition) is 2. The number of piperidine rings is 1. The first-order chi connectivity index (χ1) is 12.5. The lowest BCUT2D eigenvalue weighted by Gasteiger charge is -2.34. The van der Waals surface area contributed by atoms with E-state index >= 15 is 0 Å². The van der Waals surface area contributed by atoms with Gasteiger partial charge in [0.05, 0.1) is 14.2 Å². The number of halogens is 2. The van der Waals surface area contributed by atoms with E-state index in [0.717, 1.165) is 41.9 Å². The highest BCUT2D eigenvalue weighted by atomic mass is 127. The van der Waals surface area contributed by atoms with Crippen molar-refractivity contribution in [3.8, 4) is 11.5 Å². The van der Waals surface area contributed by atoms with Gasteiger partial charge < -0.3 is 25.4 Å². The molecule has 1 aliphatic rings. The molecule has 1 amide bonds. The summed E-state index contributed by atoms with van der Waals surface area (Å²) in [6, 6.07) is 3.83. The zero-order valence-corrected chi connectivity index (χ0v) is 19.9. The summed E-state index contributed by atoms with van der Waals surface area (Å²) in [4.78, 5) is 17.8. The van der Waals surface area contributed by atoms with Gasteiger partial charge in [-0.2, -0.15) is 0 Å². The number of nitrogens with two attached hydrogens (primary N) is 1. The van der Waals surface area contributed by atoms with Gasteiger partial charge in [-0.15, -0.1) is 24.0 Å². The molecule has 9 heteroatoms. The minimum absolute atomic E-state index is 0. The monoisotopic (exact) mass is 554 g/mol. The van der Waals surface area contributed by atoms with Crippen molar-refractivity contribution in [3.05, 3.63) is 22.2 Å². The summed E-state index contributed by atoms with van der Waals surface area (Å²) in [6.45, 7) is 2.29. The fraction of sp³-hybridized carbons (Fsp3) is 0.556. The molecule has 1 heterocycles. The molecule has 0 saturated carbocycles. The van der Waals surface area contributed by atoms with Crippen LogP contribution in [-0.4, -0.2) is 51.1 Å². The van der Waals surface area contributed by atoms with Gasteiger partial charge in [-0.1, -0.05) is 15.9 Å². The van der Waals surface area contributed by atoms with E-state index in [0.29, 0.717) is 24.5 Å². The number of amides is 1. The SMILES string of the molecule is CN=C(NCc1cc(OC)c(OC)cc1Br)N1CCCC(CC(N)=O)C1.I. The van der Waals surface area contributed by atoms with Gasteiger partial charge in [-0.3, -0.25) is 9.79 Å². The Hall–Kier alpha value is -1.23. The topological polar surface area (TPSA) is 89.2 Å². The van der Waals surface area contributed by atoms with E-state index in [1.165, 1.54) is 0 Å². The molecule has 27 heavy (non-hydrogen) atoms. The maximum absolute atomic E-state index is 11.2. The Labute approximate surface area is 186 Å². The summed E-state index contributed by atoms with van der Waals surface area (Å²) < 4.78 is 11.6. The third kappa shape index (κ3) is 6.70. The first-order valence-corrected chi connectivity index (χ1v) is 9.42. The molecule has 0 spiro atoms. The molecule has 2 rings (SSSR count). The lowest BCUT2D eigenvalue weighted by molar-refractivity contribution is -0.119. The number of benzene rings is 1. The van der Waals surface area contributed by atoms with E-state index in [1.807, 2.05) is 12.1 Å². The molecule has 1 fully saturated rings. The molecular weight excluding hydrogens is 527 g/mol. The van der Waals surface area contributed by atoms with E-state index < -0.39 is 0 Å². The number of aliphatic imine (C=N–C) groups is 1. The van der Waals surface area contributed by atoms with Gasteiger partial charge in [0.15, 0.2) is 17.5 Å². The molecule has 1 atom stereocenters. The predicted octanol–water partition coefficient (Wildman–Crippen LogP) is 2.75. The van der Waals surface area contributed by atoms with Crippen molar-refractivity contribution in [2.45, 2.75) is 25.8 Å². The highest BCUT2D eigenvalue weighted by molar-refractivity contribution is 14.0. The smallest absolute Gasteiger partial charge is 0.217 e. The maximum atomic E-state index is 11.2. The van der Waals surface area contributed by atoms with Crippen LogP contribution >= 0.6 is 39.9 Å². The van der Waals surface area contributed by atoms with E-state index in [2.05, 4.69) is 31.1 Å². The molecule has 7 nitrogen and oxygen atoms in total. The molecule has 0 aromatic heterocycles. The van der Waals surface area contributed by atoms with Crippen LogP contribution in [0.15, 0.2) is 21.6 Å². The highest BCUT2D eigenvalue weighted by Gasteiger charge is 2.23. The summed E-state index contributed by atoms with van der Waals surface area (Å²) in [5.74, 6) is 2.22. The fourth-order valence-electron chi connectivity index (χ4n) is 3.25. The normalized spacial score (nSPS) is 17.1. The van der Waals surface area contributed by atoms with Crippen molar-refractivity contribution in [3.63, 3.8) is 0 Å². The number of hydrogen-bond acceptors (Lipinski definition) is 4. The summed E-state index contributed by atoms with van der Waals surface area (Å²) >= 11 is 3.58. The molecular formula is C18H28BrIN4O3. The van der Waals surface area contributed by atoms with E-state index in [1.54, 1.807) is 21.3 Å². The number of guanidine groups is 1. The minimum atomic E-state index is -0.242. The van der Waals surface area contributed by atoms with Crippen LogP contribution in [0.1, 0.15) is 24.8 Å². The average Bonchev–Trinajstić information content (AvgIpc) is 2.62. The number of ether oxygens (including phenoxy) is 2. The van der Waals surface area contributed by atoms with Crippen LogP contribution in [0.2, 0.25) is 0 Å². The molecule has 0 aliphatic carbocycles. The van der Waals surface area contributed by atoms with Crippen LogP contribution in [0, 0.1) is 5.92 Å². The van der Waals surface area contributed by atoms with Crippen LogP contribution in [0.25, 0.3) is 0 Å². The summed E-state index contributed by atoms with van der Waals surface area (Å²) in [7, 11) is 5.00. The Morgan fingerprint density at radius 2 is 2.04 bits per heavy atom. The predicted molar refractivity (Wildman–Crippen MR) is 121 cm³/mol. The number of primary amides is 1. The van der Waals surface area contributed by atoms with Gasteiger partial charge in [0.2, 0.25) is 5.91 Å². The van der Waals surface area contributed by atoms with Gasteiger partial charge in [0, 0.05) is 37.6 Å². The van der Waals surface area contributed by atoms with E-state index in [-0.39, 0.29) is 35.8 Å². The van der Waals surface area contributed by atoms with E-state index in [4.69, 9.17) is 15.2 Å². The number of likely N-dealkylation sites (tertiary alicyclic amines) is 1. The number of carbonyl (C=O) groups excluding carboxylic acids is 1. The highest BCUT2D eigenvalue weighted by Crippen LogP contribution is 2.33. The molecule has 0 radical (unpaired) electrons. The quantitative estimate of drug-likeness (QED) is 0.321. The molecule has 3 N–H and O–H groups in total. The Morgan fingerprint density at radius 1 is 1.37 bits per heavy atom. The first-order valence-electron chi connectivity index (χ1n) is 8.62. The number of rotatable bonds is 6. The summed E-state index contributed by atoms with van der Waals surface area (Å²) in [5.41, 5.74) is 6.39. The molecule has 1 unspecified atom stereocenters. The molecule has 152 valence electrons. The number of carbonyl (C=O) groups is 1. The van der Waals surface area contributed by atoms with Crippen molar-refractivity contribution in [1.82, 2.24) is 10.2 Å². The lowest BCUT2D eigenvalue weighted by Crippen LogP contribution is -2.46. The number of nitrogens with one attached hydrogen (secondary N) is 1.